The van der Waals surface area contributed by atoms with E-state index in [4.69, 9.17) is 0 Å². The van der Waals surface area contributed by atoms with Crippen LogP contribution in [0.2, 0.25) is 0 Å². The average molecular weight is 568 g/mol. The van der Waals surface area contributed by atoms with Crippen LogP contribution in [0.25, 0.3) is 11.1 Å². The molecule has 0 radical (unpaired) electrons. The third-order valence-corrected chi connectivity index (χ3v) is 7.51. The monoisotopic (exact) mass is 567 g/mol. The fourth-order valence-corrected chi connectivity index (χ4v) is 5.53. The van der Waals surface area contributed by atoms with Crippen molar-refractivity contribution in [1.82, 2.24) is 4.90 Å². The van der Waals surface area contributed by atoms with Gasteiger partial charge in [-0.1, -0.05) is 54.6 Å². The number of aromatic carboxylic acids is 3. The van der Waals surface area contributed by atoms with Gasteiger partial charge in [-0.3, -0.25) is 4.79 Å². The summed E-state index contributed by atoms with van der Waals surface area (Å²) in [6, 6.07) is 22.1. The first-order chi connectivity index (χ1) is 20.1. The molecule has 4 aromatic rings. The lowest BCUT2D eigenvalue weighted by atomic mass is 9.86. The molecule has 212 valence electrons. The number of fused-ring (bicyclic) bond motifs is 1. The van der Waals surface area contributed by atoms with Crippen LogP contribution in [0.15, 0.2) is 84.9 Å². The van der Waals surface area contributed by atoms with Crippen LogP contribution in [0.4, 0.5) is 4.39 Å². The van der Waals surface area contributed by atoms with Gasteiger partial charge >= 0.3 is 17.9 Å². The Morgan fingerprint density at radius 3 is 2.00 bits per heavy atom. The maximum Gasteiger partial charge on any atom is 0.336 e. The van der Waals surface area contributed by atoms with Crippen LogP contribution in [-0.2, 0) is 13.0 Å². The van der Waals surface area contributed by atoms with Gasteiger partial charge < -0.3 is 20.2 Å². The Balaban J connectivity index is 1.64. The van der Waals surface area contributed by atoms with Gasteiger partial charge in [0.1, 0.15) is 5.82 Å². The number of nitrogens with zero attached hydrogens (tertiary/aromatic N) is 1. The molecule has 0 aromatic heterocycles. The van der Waals surface area contributed by atoms with Gasteiger partial charge in [0.25, 0.3) is 5.91 Å². The summed E-state index contributed by atoms with van der Waals surface area (Å²) in [6.45, 7) is 0.0506. The normalized spacial score (nSPS) is 14.1. The van der Waals surface area contributed by atoms with Gasteiger partial charge in [-0.2, -0.15) is 0 Å². The average Bonchev–Trinajstić information content (AvgIpc) is 2.99. The molecule has 0 unspecified atom stereocenters. The first-order valence-electron chi connectivity index (χ1n) is 13.3. The number of aryl methyl sites for hydroxylation is 1. The van der Waals surface area contributed by atoms with Gasteiger partial charge in [-0.25, -0.2) is 18.8 Å². The Morgan fingerprint density at radius 1 is 0.714 bits per heavy atom. The van der Waals surface area contributed by atoms with E-state index < -0.39 is 52.1 Å². The predicted octanol–water partition coefficient (Wildman–Crippen LogP) is 6.31. The molecular formula is C33H26FNO7. The minimum atomic E-state index is -1.62. The van der Waals surface area contributed by atoms with Crippen LogP contribution in [0.1, 0.15) is 77.0 Å². The van der Waals surface area contributed by atoms with E-state index in [1.54, 1.807) is 18.2 Å². The SMILES string of the molecule is O=C(O)c1cc(C(=O)O)c(C(=O)N(Cc2cccc(-c3ccc(F)cc3)c2)[C@H]2CCCc3ccccc32)cc1C(=O)O. The number of carbonyl (C=O) groups is 4. The third-order valence-electron chi connectivity index (χ3n) is 7.51. The Hall–Kier alpha value is -5.31. The lowest BCUT2D eigenvalue weighted by molar-refractivity contribution is 0.0611. The van der Waals surface area contributed by atoms with E-state index in [-0.39, 0.29) is 12.4 Å². The summed E-state index contributed by atoms with van der Waals surface area (Å²) in [5, 5.41) is 29.2. The van der Waals surface area contributed by atoms with Gasteiger partial charge in [0.15, 0.2) is 0 Å². The van der Waals surface area contributed by atoms with Crippen molar-refractivity contribution in [2.45, 2.75) is 31.8 Å². The number of hydrogen-bond acceptors (Lipinski definition) is 4. The molecule has 0 saturated carbocycles. The molecule has 9 heteroatoms. The van der Waals surface area contributed by atoms with Gasteiger partial charge in [0, 0.05) is 6.54 Å². The molecule has 0 bridgehead atoms. The molecule has 1 amide bonds. The van der Waals surface area contributed by atoms with Crippen LogP contribution < -0.4 is 0 Å². The van der Waals surface area contributed by atoms with Crippen molar-refractivity contribution in [2.24, 2.45) is 0 Å². The van der Waals surface area contributed by atoms with Crippen LogP contribution in [0.5, 0.6) is 0 Å². The summed E-state index contributed by atoms with van der Waals surface area (Å²) < 4.78 is 13.5. The van der Waals surface area contributed by atoms with E-state index in [0.29, 0.717) is 12.0 Å². The smallest absolute Gasteiger partial charge is 0.336 e. The zero-order valence-corrected chi connectivity index (χ0v) is 22.3. The van der Waals surface area contributed by atoms with Crippen molar-refractivity contribution < 1.29 is 38.9 Å². The highest BCUT2D eigenvalue weighted by Crippen LogP contribution is 2.37. The van der Waals surface area contributed by atoms with E-state index in [1.165, 1.54) is 17.0 Å². The largest absolute Gasteiger partial charge is 0.478 e. The molecule has 4 aromatic carbocycles. The van der Waals surface area contributed by atoms with Gasteiger partial charge in [-0.15, -0.1) is 0 Å². The van der Waals surface area contributed by atoms with Gasteiger partial charge in [0.05, 0.1) is 28.3 Å². The predicted molar refractivity (Wildman–Crippen MR) is 151 cm³/mol. The van der Waals surface area contributed by atoms with Gasteiger partial charge in [-0.05, 0) is 77.4 Å². The van der Waals surface area contributed by atoms with Crippen LogP contribution in [0.3, 0.4) is 0 Å². The van der Waals surface area contributed by atoms with Crippen molar-refractivity contribution in [3.8, 4) is 11.1 Å². The van der Waals surface area contributed by atoms with E-state index in [9.17, 15) is 38.9 Å². The first kappa shape index (κ1) is 28.2. The zero-order chi connectivity index (χ0) is 30.0. The van der Waals surface area contributed by atoms with E-state index in [2.05, 4.69) is 0 Å². The number of carboxylic acids is 3. The second-order valence-electron chi connectivity index (χ2n) is 10.1. The number of carboxylic acid groups (broad SMARTS) is 3. The maximum absolute atomic E-state index is 14.3. The molecule has 0 saturated heterocycles. The number of amides is 1. The van der Waals surface area contributed by atoms with Crippen molar-refractivity contribution >= 4 is 23.8 Å². The van der Waals surface area contributed by atoms with E-state index in [0.717, 1.165) is 47.2 Å². The second-order valence-corrected chi connectivity index (χ2v) is 10.1. The molecule has 5 rings (SSSR count). The van der Waals surface area contributed by atoms with Crippen LogP contribution in [0, 0.1) is 5.82 Å². The molecule has 1 aliphatic carbocycles. The van der Waals surface area contributed by atoms with Crippen LogP contribution >= 0.6 is 0 Å². The van der Waals surface area contributed by atoms with Crippen LogP contribution in [-0.4, -0.2) is 44.0 Å². The third kappa shape index (κ3) is 5.62. The zero-order valence-electron chi connectivity index (χ0n) is 22.3. The Bertz CT molecular complexity index is 1710. The molecule has 1 atom stereocenters. The molecule has 42 heavy (non-hydrogen) atoms. The summed E-state index contributed by atoms with van der Waals surface area (Å²) in [5.74, 6) is -5.88. The summed E-state index contributed by atoms with van der Waals surface area (Å²) >= 11 is 0. The molecule has 0 spiro atoms. The standard InChI is InChI=1S/C33H26FNO7/c34-23-13-11-20(12-14-23)22-8-3-5-19(15-22)18-35(29-10-4-7-21-6-1-2-9-24(21)29)30(36)25-16-27(32(39)40)28(33(41)42)17-26(25)31(37)38/h1-3,5-6,8-9,11-17,29H,4,7,10,18H2,(H,37,38)(H,39,40)(H,41,42)/t29-/m0/s1. The molecule has 3 N–H and O–H groups in total. The fourth-order valence-electron chi connectivity index (χ4n) is 5.53. The van der Waals surface area contributed by atoms with Crippen molar-refractivity contribution in [3.05, 3.63) is 130 Å². The number of hydrogen-bond donors (Lipinski definition) is 3. The van der Waals surface area contributed by atoms with E-state index in [1.807, 2.05) is 42.5 Å². The number of benzene rings is 4. The quantitative estimate of drug-likeness (QED) is 0.227. The summed E-state index contributed by atoms with van der Waals surface area (Å²) in [6.07, 6.45) is 2.17. The molecule has 0 aliphatic heterocycles. The lowest BCUT2D eigenvalue weighted by Crippen LogP contribution is -2.37. The second kappa shape index (κ2) is 11.7. The Kier molecular flexibility index (Phi) is 7.84. The number of rotatable bonds is 8. The highest BCUT2D eigenvalue weighted by atomic mass is 19.1. The molecule has 0 heterocycles. The van der Waals surface area contributed by atoms with Gasteiger partial charge in [0.2, 0.25) is 0 Å². The minimum Gasteiger partial charge on any atom is -0.478 e. The Morgan fingerprint density at radius 2 is 1.33 bits per heavy atom. The van der Waals surface area contributed by atoms with E-state index >= 15 is 0 Å². The molecule has 1 aliphatic rings. The summed E-state index contributed by atoms with van der Waals surface area (Å²) in [4.78, 5) is 51.7. The fraction of sp³-hybridized carbons (Fsp3) is 0.152. The molecule has 0 fully saturated rings. The minimum absolute atomic E-state index is 0.0506. The summed E-state index contributed by atoms with van der Waals surface area (Å²) in [7, 11) is 0. The number of halogens is 1. The van der Waals surface area contributed by atoms with Crippen molar-refractivity contribution in [2.75, 3.05) is 0 Å². The highest BCUT2D eigenvalue weighted by Gasteiger charge is 2.33. The first-order valence-corrected chi connectivity index (χ1v) is 13.3. The highest BCUT2D eigenvalue weighted by molar-refractivity contribution is 6.10. The maximum atomic E-state index is 14.3. The summed E-state index contributed by atoms with van der Waals surface area (Å²) in [5.41, 5.74) is 1.81. The lowest BCUT2D eigenvalue weighted by Gasteiger charge is -2.36. The topological polar surface area (TPSA) is 132 Å². The number of carbonyl (C=O) groups excluding carboxylic acids is 1. The Labute approximate surface area is 240 Å². The van der Waals surface area contributed by atoms with Crippen molar-refractivity contribution in [3.63, 3.8) is 0 Å². The molecular weight excluding hydrogens is 541 g/mol. The molecule has 8 nitrogen and oxygen atoms in total. The van der Waals surface area contributed by atoms with Crippen molar-refractivity contribution in [1.29, 1.82) is 0 Å².